The van der Waals surface area contributed by atoms with Crippen molar-refractivity contribution in [2.24, 2.45) is 5.92 Å². The Balaban J connectivity index is 2.09. The highest BCUT2D eigenvalue weighted by atomic mass is 16.3. The highest BCUT2D eigenvalue weighted by Crippen LogP contribution is 2.22. The van der Waals surface area contributed by atoms with Gasteiger partial charge in [0.05, 0.1) is 6.61 Å². The van der Waals surface area contributed by atoms with Crippen LogP contribution in [0.25, 0.3) is 0 Å². The lowest BCUT2D eigenvalue weighted by atomic mass is 9.89. The van der Waals surface area contributed by atoms with Gasteiger partial charge in [0.2, 0.25) is 0 Å². The normalized spacial score (nSPS) is 21.7. The Morgan fingerprint density at radius 3 is 2.54 bits per heavy atom. The van der Waals surface area contributed by atoms with Crippen molar-refractivity contribution in [2.45, 2.75) is 51.5 Å². The lowest BCUT2D eigenvalue weighted by Crippen LogP contribution is -2.36. The van der Waals surface area contributed by atoms with E-state index < -0.39 is 0 Å². The number of aliphatic hydroxyl groups excluding tert-OH is 1. The van der Waals surface area contributed by atoms with Crippen molar-refractivity contribution < 1.29 is 5.11 Å². The van der Waals surface area contributed by atoms with Crippen LogP contribution in [0.4, 0.5) is 0 Å². The van der Waals surface area contributed by atoms with Crippen LogP contribution in [0.1, 0.15) is 45.4 Å². The second-order valence-corrected chi connectivity index (χ2v) is 4.20. The van der Waals surface area contributed by atoms with Gasteiger partial charge >= 0.3 is 0 Å². The van der Waals surface area contributed by atoms with Crippen molar-refractivity contribution in [2.75, 3.05) is 13.2 Å². The molecule has 0 aromatic heterocycles. The molecule has 0 saturated heterocycles. The quantitative estimate of drug-likeness (QED) is 0.686. The Morgan fingerprint density at radius 1 is 1.31 bits per heavy atom. The molecule has 2 heteroatoms. The Kier molecular flexibility index (Phi) is 5.40. The van der Waals surface area contributed by atoms with E-state index in [9.17, 15) is 0 Å². The van der Waals surface area contributed by atoms with Gasteiger partial charge in [-0.25, -0.2) is 0 Å². The minimum Gasteiger partial charge on any atom is -0.395 e. The number of nitrogens with one attached hydrogen (secondary N) is 1. The van der Waals surface area contributed by atoms with E-state index in [1.54, 1.807) is 0 Å². The molecule has 0 aromatic rings. The third kappa shape index (κ3) is 4.10. The second kappa shape index (κ2) is 6.39. The smallest absolute Gasteiger partial charge is 0.0584 e. The highest BCUT2D eigenvalue weighted by molar-refractivity contribution is 4.71. The van der Waals surface area contributed by atoms with Gasteiger partial charge in [-0.1, -0.05) is 26.2 Å². The third-order valence-electron chi connectivity index (χ3n) is 3.13. The van der Waals surface area contributed by atoms with Gasteiger partial charge < -0.3 is 10.4 Å². The van der Waals surface area contributed by atoms with Gasteiger partial charge in [0.15, 0.2) is 0 Å². The van der Waals surface area contributed by atoms with Crippen LogP contribution in [0.2, 0.25) is 0 Å². The molecule has 0 amide bonds. The minimum atomic E-state index is 0.281. The van der Waals surface area contributed by atoms with Gasteiger partial charge in [-0.3, -0.25) is 0 Å². The van der Waals surface area contributed by atoms with Crippen LogP contribution >= 0.6 is 0 Å². The predicted octanol–water partition coefficient (Wildman–Crippen LogP) is 1.93. The summed E-state index contributed by atoms with van der Waals surface area (Å²) in [6, 6.07) is 0.321. The van der Waals surface area contributed by atoms with E-state index in [1.807, 2.05) is 0 Å². The first-order valence-corrected chi connectivity index (χ1v) is 5.71. The maximum atomic E-state index is 8.99. The summed E-state index contributed by atoms with van der Waals surface area (Å²) in [6.07, 6.45) is 8.03. The molecule has 0 aliphatic heterocycles. The summed E-state index contributed by atoms with van der Waals surface area (Å²) in [7, 11) is 0. The highest BCUT2D eigenvalue weighted by Gasteiger charge is 2.14. The topological polar surface area (TPSA) is 32.3 Å². The summed E-state index contributed by atoms with van der Waals surface area (Å²) in [6.45, 7) is 3.51. The van der Waals surface area contributed by atoms with Gasteiger partial charge in [0.25, 0.3) is 0 Å². The minimum absolute atomic E-state index is 0.281. The maximum Gasteiger partial charge on any atom is 0.0584 e. The Morgan fingerprint density at radius 2 is 2.00 bits per heavy atom. The molecule has 0 unspecified atom stereocenters. The summed E-state index contributed by atoms with van der Waals surface area (Å²) < 4.78 is 0. The van der Waals surface area contributed by atoms with E-state index in [0.29, 0.717) is 6.04 Å². The van der Waals surface area contributed by atoms with Crippen LogP contribution in [0, 0.1) is 5.92 Å². The first-order chi connectivity index (χ1) is 6.36. The Bertz CT molecular complexity index is 117. The molecule has 0 spiro atoms. The van der Waals surface area contributed by atoms with Crippen LogP contribution in [0.3, 0.4) is 0 Å². The molecule has 1 rings (SSSR count). The zero-order chi connectivity index (χ0) is 9.52. The lowest BCUT2D eigenvalue weighted by Gasteiger charge is -2.24. The SMILES string of the molecule is CC[C@H](CO)NCC1CCCCC1. The van der Waals surface area contributed by atoms with Gasteiger partial charge in [-0.05, 0) is 31.7 Å². The van der Waals surface area contributed by atoms with Gasteiger partial charge in [0, 0.05) is 6.04 Å². The second-order valence-electron chi connectivity index (χ2n) is 4.20. The molecule has 0 heterocycles. The fourth-order valence-electron chi connectivity index (χ4n) is 2.06. The van der Waals surface area contributed by atoms with Crippen LogP contribution < -0.4 is 5.32 Å². The molecule has 0 bridgehead atoms. The monoisotopic (exact) mass is 185 g/mol. The van der Waals surface area contributed by atoms with E-state index in [2.05, 4.69) is 12.2 Å². The molecule has 78 valence electrons. The molecule has 1 fully saturated rings. The van der Waals surface area contributed by atoms with E-state index in [4.69, 9.17) is 5.11 Å². The standard InChI is InChI=1S/C11H23NO/c1-2-11(9-13)12-8-10-6-4-3-5-7-10/h10-13H,2-9H2,1H3/t11-/m1/s1. The Labute approximate surface area is 81.7 Å². The average Bonchev–Trinajstić information content (AvgIpc) is 2.21. The average molecular weight is 185 g/mol. The van der Waals surface area contributed by atoms with Crippen LogP contribution in [-0.2, 0) is 0 Å². The fourth-order valence-corrected chi connectivity index (χ4v) is 2.06. The summed E-state index contributed by atoms with van der Waals surface area (Å²) in [5.41, 5.74) is 0. The summed E-state index contributed by atoms with van der Waals surface area (Å²) >= 11 is 0. The molecular formula is C11H23NO. The molecule has 13 heavy (non-hydrogen) atoms. The van der Waals surface area contributed by atoms with Crippen molar-refractivity contribution in [1.82, 2.24) is 5.32 Å². The molecule has 2 nitrogen and oxygen atoms in total. The van der Waals surface area contributed by atoms with Crippen molar-refractivity contribution in [3.63, 3.8) is 0 Å². The van der Waals surface area contributed by atoms with E-state index in [1.165, 1.54) is 32.1 Å². The first-order valence-electron chi connectivity index (χ1n) is 5.71. The Hall–Kier alpha value is -0.0800. The van der Waals surface area contributed by atoms with Crippen molar-refractivity contribution in [3.8, 4) is 0 Å². The molecule has 1 aliphatic carbocycles. The number of rotatable bonds is 5. The molecule has 0 aromatic carbocycles. The first kappa shape index (κ1) is 11.0. The van der Waals surface area contributed by atoms with Crippen LogP contribution in [-0.4, -0.2) is 24.3 Å². The molecule has 2 N–H and O–H groups in total. The number of hydrogen-bond acceptors (Lipinski definition) is 2. The van der Waals surface area contributed by atoms with Crippen LogP contribution in [0.5, 0.6) is 0 Å². The zero-order valence-electron chi connectivity index (χ0n) is 8.76. The largest absolute Gasteiger partial charge is 0.395 e. The van der Waals surface area contributed by atoms with E-state index in [-0.39, 0.29) is 6.61 Å². The summed E-state index contributed by atoms with van der Waals surface area (Å²) in [5, 5.41) is 12.4. The van der Waals surface area contributed by atoms with Crippen molar-refractivity contribution in [1.29, 1.82) is 0 Å². The van der Waals surface area contributed by atoms with Gasteiger partial charge in [-0.15, -0.1) is 0 Å². The van der Waals surface area contributed by atoms with Crippen molar-refractivity contribution in [3.05, 3.63) is 0 Å². The molecule has 1 saturated carbocycles. The van der Waals surface area contributed by atoms with Gasteiger partial charge in [-0.2, -0.15) is 0 Å². The van der Waals surface area contributed by atoms with Crippen LogP contribution in [0.15, 0.2) is 0 Å². The number of aliphatic hydroxyl groups is 1. The van der Waals surface area contributed by atoms with E-state index in [0.717, 1.165) is 18.9 Å². The molecule has 0 radical (unpaired) electrons. The lowest BCUT2D eigenvalue weighted by molar-refractivity contribution is 0.226. The van der Waals surface area contributed by atoms with Crippen molar-refractivity contribution >= 4 is 0 Å². The third-order valence-corrected chi connectivity index (χ3v) is 3.13. The van der Waals surface area contributed by atoms with E-state index >= 15 is 0 Å². The number of hydrogen-bond donors (Lipinski definition) is 2. The maximum absolute atomic E-state index is 8.99. The zero-order valence-corrected chi connectivity index (χ0v) is 8.76. The fraction of sp³-hybridized carbons (Fsp3) is 1.00. The summed E-state index contributed by atoms with van der Waals surface area (Å²) in [4.78, 5) is 0. The van der Waals surface area contributed by atoms with Gasteiger partial charge in [0.1, 0.15) is 0 Å². The predicted molar refractivity (Wildman–Crippen MR) is 55.7 cm³/mol. The molecule has 1 aliphatic rings. The molecule has 1 atom stereocenters. The summed E-state index contributed by atoms with van der Waals surface area (Å²) in [5.74, 6) is 0.870. The molecular weight excluding hydrogens is 162 g/mol.